The largest absolute Gasteiger partial charge is 0.444 e. The van der Waals surface area contributed by atoms with Crippen molar-refractivity contribution in [1.29, 1.82) is 0 Å². The number of hydrogen-bond donors (Lipinski definition) is 2. The van der Waals surface area contributed by atoms with Gasteiger partial charge in [-0.05, 0) is 101 Å². The van der Waals surface area contributed by atoms with E-state index in [9.17, 15) is 13.2 Å². The second kappa shape index (κ2) is 13.5. The summed E-state index contributed by atoms with van der Waals surface area (Å²) in [5.74, 6) is 1.29. The third-order valence-electron chi connectivity index (χ3n) is 7.15. The minimum Gasteiger partial charge on any atom is -0.444 e. The number of benzene rings is 2. The van der Waals surface area contributed by atoms with Crippen LogP contribution < -0.4 is 14.8 Å². The first-order chi connectivity index (χ1) is 21.8. The number of nitrogens with zero attached hydrogens (tertiary/aromatic N) is 4. The molecule has 1 aliphatic heterocycles. The Hall–Kier alpha value is -4.42. The molecule has 1 saturated heterocycles. The molecule has 242 valence electrons. The molecule has 11 nitrogen and oxygen atoms in total. The van der Waals surface area contributed by atoms with Crippen molar-refractivity contribution in [2.45, 2.75) is 64.0 Å². The third-order valence-corrected chi connectivity index (χ3v) is 9.03. The van der Waals surface area contributed by atoms with Crippen LogP contribution in [0.1, 0.15) is 44.7 Å². The van der Waals surface area contributed by atoms with Gasteiger partial charge in [-0.25, -0.2) is 28.2 Å². The summed E-state index contributed by atoms with van der Waals surface area (Å²) in [6.07, 6.45) is 4.64. The molecule has 0 bridgehead atoms. The summed E-state index contributed by atoms with van der Waals surface area (Å²) in [5, 5.41) is 3.50. The standard InChI is InChI=1S/C33H37ClN6O5S/c1-21-18-24(39-46(42,43)28-13-7-6-12-26(28)34)19-22(2)29(21)44-30-25(11-8-15-35-30)27-14-16-36-31(38-27)37-23-10-9-17-40(20-23)32(41)45-33(3,4)5/h6-8,11-16,18-19,23,39H,9-10,17,20H2,1-5H3,(H,36,37,38)/t23-/m0/s1. The summed E-state index contributed by atoms with van der Waals surface area (Å²) < 4.78 is 40.5. The number of halogens is 1. The van der Waals surface area contributed by atoms with E-state index in [0.717, 1.165) is 12.8 Å². The second-order valence-electron chi connectivity index (χ2n) is 12.1. The lowest BCUT2D eigenvalue weighted by atomic mass is 10.1. The number of pyridine rings is 1. The number of rotatable bonds is 8. The van der Waals surface area contributed by atoms with Crippen molar-refractivity contribution in [3.05, 3.63) is 83.1 Å². The Morgan fingerprint density at radius 1 is 1.02 bits per heavy atom. The molecule has 0 saturated carbocycles. The predicted molar refractivity (Wildman–Crippen MR) is 178 cm³/mol. The molecule has 2 aromatic carbocycles. The zero-order chi connectivity index (χ0) is 33.1. The average Bonchev–Trinajstić information content (AvgIpc) is 2.98. The first-order valence-corrected chi connectivity index (χ1v) is 16.7. The van der Waals surface area contributed by atoms with Gasteiger partial charge in [-0.3, -0.25) is 4.72 Å². The number of sulfonamides is 1. The highest BCUT2D eigenvalue weighted by molar-refractivity contribution is 7.92. The Labute approximate surface area is 274 Å². The van der Waals surface area contributed by atoms with Gasteiger partial charge >= 0.3 is 6.09 Å². The summed E-state index contributed by atoms with van der Waals surface area (Å²) in [6, 6.07) is 15.0. The summed E-state index contributed by atoms with van der Waals surface area (Å²) in [4.78, 5) is 28.0. The maximum absolute atomic E-state index is 13.0. The van der Waals surface area contributed by atoms with Gasteiger partial charge in [0.05, 0.1) is 16.3 Å². The fourth-order valence-electron chi connectivity index (χ4n) is 5.15. The molecule has 13 heteroatoms. The van der Waals surface area contributed by atoms with Crippen molar-refractivity contribution in [1.82, 2.24) is 19.9 Å². The molecule has 0 aliphatic carbocycles. The molecule has 0 spiro atoms. The number of anilines is 2. The van der Waals surface area contributed by atoms with E-state index in [0.29, 0.717) is 58.7 Å². The van der Waals surface area contributed by atoms with Gasteiger partial charge < -0.3 is 19.7 Å². The quantitative estimate of drug-likeness (QED) is 0.200. The molecule has 1 aliphatic rings. The zero-order valence-electron chi connectivity index (χ0n) is 26.4. The van der Waals surface area contributed by atoms with Gasteiger partial charge in [0.1, 0.15) is 16.2 Å². The van der Waals surface area contributed by atoms with Crippen LogP contribution in [-0.2, 0) is 14.8 Å². The number of likely N-dealkylation sites (tertiary alicyclic amines) is 1. The second-order valence-corrected chi connectivity index (χ2v) is 14.2. The molecule has 46 heavy (non-hydrogen) atoms. The van der Waals surface area contributed by atoms with Crippen LogP contribution in [0, 0.1) is 13.8 Å². The van der Waals surface area contributed by atoms with Gasteiger partial charge in [-0.15, -0.1) is 0 Å². The summed E-state index contributed by atoms with van der Waals surface area (Å²) in [6.45, 7) is 10.3. The van der Waals surface area contributed by atoms with Gasteiger partial charge in [0.2, 0.25) is 11.8 Å². The van der Waals surface area contributed by atoms with E-state index in [2.05, 4.69) is 20.0 Å². The SMILES string of the molecule is Cc1cc(NS(=O)(=O)c2ccccc2Cl)cc(C)c1Oc1ncccc1-c1ccnc(N[C@H]2CCCN(C(=O)OC(C)(C)C)C2)n1. The van der Waals surface area contributed by atoms with Gasteiger partial charge in [0.25, 0.3) is 10.0 Å². The Kier molecular flexibility index (Phi) is 9.68. The number of aromatic nitrogens is 3. The van der Waals surface area contributed by atoms with Gasteiger partial charge in [0, 0.05) is 37.2 Å². The number of amides is 1. The molecular weight excluding hydrogens is 628 g/mol. The molecule has 0 unspecified atom stereocenters. The Morgan fingerprint density at radius 3 is 2.48 bits per heavy atom. The fourth-order valence-corrected chi connectivity index (χ4v) is 6.72. The molecule has 1 amide bonds. The van der Waals surface area contributed by atoms with E-state index in [-0.39, 0.29) is 22.1 Å². The maximum Gasteiger partial charge on any atom is 0.410 e. The van der Waals surface area contributed by atoms with Gasteiger partial charge in [-0.1, -0.05) is 23.7 Å². The van der Waals surface area contributed by atoms with Crippen molar-refractivity contribution in [2.24, 2.45) is 0 Å². The van der Waals surface area contributed by atoms with Crippen LogP contribution in [0.25, 0.3) is 11.3 Å². The molecule has 0 radical (unpaired) electrons. The van der Waals surface area contributed by atoms with E-state index in [1.807, 2.05) is 40.7 Å². The highest BCUT2D eigenvalue weighted by Crippen LogP contribution is 2.36. The number of piperidine rings is 1. The first-order valence-electron chi connectivity index (χ1n) is 14.9. The molecule has 1 fully saturated rings. The average molecular weight is 665 g/mol. The van der Waals surface area contributed by atoms with Crippen LogP contribution in [0.2, 0.25) is 5.02 Å². The smallest absolute Gasteiger partial charge is 0.410 e. The van der Waals surface area contributed by atoms with Crippen LogP contribution in [0.4, 0.5) is 16.4 Å². The third kappa shape index (κ3) is 8.04. The lowest BCUT2D eigenvalue weighted by molar-refractivity contribution is 0.0206. The zero-order valence-corrected chi connectivity index (χ0v) is 27.9. The van der Waals surface area contributed by atoms with E-state index in [1.165, 1.54) is 12.1 Å². The first kappa shape index (κ1) is 33.0. The molecule has 1 atom stereocenters. The summed E-state index contributed by atoms with van der Waals surface area (Å²) in [7, 11) is -3.90. The van der Waals surface area contributed by atoms with Crippen LogP contribution in [0.3, 0.4) is 0 Å². The van der Waals surface area contributed by atoms with Gasteiger partial charge in [0.15, 0.2) is 0 Å². The molecule has 3 heterocycles. The summed E-state index contributed by atoms with van der Waals surface area (Å²) >= 11 is 6.14. The maximum atomic E-state index is 13.0. The number of hydrogen-bond acceptors (Lipinski definition) is 9. The predicted octanol–water partition coefficient (Wildman–Crippen LogP) is 7.21. The normalized spacial score (nSPS) is 15.3. The highest BCUT2D eigenvalue weighted by Gasteiger charge is 2.28. The molecule has 4 aromatic rings. The molecule has 2 aromatic heterocycles. The number of nitrogens with one attached hydrogen (secondary N) is 2. The topological polar surface area (TPSA) is 136 Å². The molecule has 2 N–H and O–H groups in total. The fraction of sp³-hybridized carbons (Fsp3) is 0.333. The lowest BCUT2D eigenvalue weighted by Crippen LogP contribution is -2.47. The van der Waals surface area contributed by atoms with E-state index < -0.39 is 15.6 Å². The van der Waals surface area contributed by atoms with E-state index in [4.69, 9.17) is 26.1 Å². The van der Waals surface area contributed by atoms with Crippen molar-refractivity contribution in [3.8, 4) is 22.9 Å². The number of ether oxygens (including phenoxy) is 2. The number of aryl methyl sites for hydroxylation is 2. The number of carbonyl (C=O) groups excluding carboxylic acids is 1. The highest BCUT2D eigenvalue weighted by atomic mass is 35.5. The van der Waals surface area contributed by atoms with Crippen molar-refractivity contribution in [2.75, 3.05) is 23.1 Å². The van der Waals surface area contributed by atoms with E-state index in [1.54, 1.807) is 53.7 Å². The van der Waals surface area contributed by atoms with Crippen LogP contribution >= 0.6 is 11.6 Å². The Bertz CT molecular complexity index is 1820. The van der Waals surface area contributed by atoms with Crippen molar-refractivity contribution >= 4 is 39.4 Å². The molecular formula is C33H37ClN6O5S. The van der Waals surface area contributed by atoms with Crippen molar-refractivity contribution in [3.63, 3.8) is 0 Å². The Balaban J connectivity index is 1.33. The monoisotopic (exact) mass is 664 g/mol. The Morgan fingerprint density at radius 2 is 1.76 bits per heavy atom. The minimum atomic E-state index is -3.90. The number of carbonyl (C=O) groups is 1. The lowest BCUT2D eigenvalue weighted by Gasteiger charge is -2.34. The van der Waals surface area contributed by atoms with E-state index >= 15 is 0 Å². The van der Waals surface area contributed by atoms with Crippen molar-refractivity contribution < 1.29 is 22.7 Å². The van der Waals surface area contributed by atoms with Crippen LogP contribution in [-0.4, -0.2) is 59.1 Å². The summed E-state index contributed by atoms with van der Waals surface area (Å²) in [5.41, 5.74) is 2.46. The van der Waals surface area contributed by atoms with Crippen LogP contribution in [0.5, 0.6) is 11.6 Å². The van der Waals surface area contributed by atoms with Crippen LogP contribution in [0.15, 0.2) is 71.9 Å². The van der Waals surface area contributed by atoms with Gasteiger partial charge in [-0.2, -0.15) is 0 Å². The minimum absolute atomic E-state index is 0.00649. The molecule has 5 rings (SSSR count).